The Morgan fingerprint density at radius 3 is 2.71 bits per heavy atom. The summed E-state index contributed by atoms with van der Waals surface area (Å²) in [5, 5.41) is 10.9. The fraction of sp³-hybridized carbons (Fsp3) is 0.500. The smallest absolute Gasteiger partial charge is 0.271 e. The predicted molar refractivity (Wildman–Crippen MR) is 83.3 cm³/mol. The fourth-order valence-corrected chi connectivity index (χ4v) is 2.61. The second kappa shape index (κ2) is 6.76. The second-order valence-electron chi connectivity index (χ2n) is 5.05. The zero-order valence-electron chi connectivity index (χ0n) is 11.9. The van der Waals surface area contributed by atoms with Crippen LogP contribution in [0.4, 0.5) is 17.1 Å². The van der Waals surface area contributed by atoms with Crippen LogP contribution in [-0.4, -0.2) is 36.8 Å². The number of nitro benzene ring substituents is 1. The molecule has 7 heteroatoms. The molecule has 1 heterocycles. The van der Waals surface area contributed by atoms with Crippen LogP contribution in [0.1, 0.15) is 19.3 Å². The van der Waals surface area contributed by atoms with Gasteiger partial charge in [-0.25, -0.2) is 0 Å². The summed E-state index contributed by atoms with van der Waals surface area (Å²) in [7, 11) is 1.65. The van der Waals surface area contributed by atoms with Crippen molar-refractivity contribution >= 4 is 34.6 Å². The van der Waals surface area contributed by atoms with Gasteiger partial charge in [-0.3, -0.25) is 14.9 Å². The summed E-state index contributed by atoms with van der Waals surface area (Å²) in [6.45, 7) is 1.06. The van der Waals surface area contributed by atoms with Gasteiger partial charge in [0, 0.05) is 31.6 Å². The van der Waals surface area contributed by atoms with Crippen LogP contribution < -0.4 is 9.80 Å². The van der Waals surface area contributed by atoms with E-state index in [0.29, 0.717) is 18.1 Å². The van der Waals surface area contributed by atoms with Gasteiger partial charge in [0.15, 0.2) is 0 Å². The normalized spacial score (nSPS) is 14.3. The van der Waals surface area contributed by atoms with Crippen LogP contribution in [-0.2, 0) is 4.79 Å². The number of amides is 1. The molecule has 1 aromatic carbocycles. The van der Waals surface area contributed by atoms with Gasteiger partial charge in [0.2, 0.25) is 5.91 Å². The van der Waals surface area contributed by atoms with Crippen molar-refractivity contribution in [2.75, 3.05) is 35.8 Å². The van der Waals surface area contributed by atoms with Gasteiger partial charge in [-0.1, -0.05) is 6.42 Å². The SMILES string of the molecule is CN1C(=O)CN(CCCCCCl)c2ccc([N+](=O)[O-])cc21. The third kappa shape index (κ3) is 3.44. The number of likely N-dealkylation sites (N-methyl/N-ethyl adjacent to an activating group) is 1. The van der Waals surface area contributed by atoms with Gasteiger partial charge in [0.05, 0.1) is 22.8 Å². The molecule has 0 spiro atoms. The molecule has 6 nitrogen and oxygen atoms in total. The van der Waals surface area contributed by atoms with Crippen molar-refractivity contribution in [3.8, 4) is 0 Å². The molecule has 0 atom stereocenters. The number of carbonyl (C=O) groups is 1. The Kier molecular flexibility index (Phi) is 5.01. The number of halogens is 1. The average molecular weight is 312 g/mol. The number of fused-ring (bicyclic) bond motifs is 1. The monoisotopic (exact) mass is 311 g/mol. The lowest BCUT2D eigenvalue weighted by Gasteiger charge is -2.35. The summed E-state index contributed by atoms with van der Waals surface area (Å²) in [4.78, 5) is 25.9. The maximum absolute atomic E-state index is 12.0. The van der Waals surface area contributed by atoms with Crippen LogP contribution in [0.2, 0.25) is 0 Å². The lowest BCUT2D eigenvalue weighted by molar-refractivity contribution is -0.384. The van der Waals surface area contributed by atoms with Crippen LogP contribution in [0.3, 0.4) is 0 Å². The van der Waals surface area contributed by atoms with Crippen LogP contribution in [0, 0.1) is 10.1 Å². The Morgan fingerprint density at radius 2 is 2.05 bits per heavy atom. The largest absolute Gasteiger partial charge is 0.361 e. The molecule has 0 saturated carbocycles. The molecule has 1 amide bonds. The number of nitrogens with zero attached hydrogens (tertiary/aromatic N) is 3. The van der Waals surface area contributed by atoms with E-state index >= 15 is 0 Å². The predicted octanol–water partition coefficient (Wildman–Crippen LogP) is 2.79. The topological polar surface area (TPSA) is 66.7 Å². The number of alkyl halides is 1. The van der Waals surface area contributed by atoms with Crippen molar-refractivity contribution in [2.24, 2.45) is 0 Å². The molecule has 0 unspecified atom stereocenters. The number of non-ortho nitro benzene ring substituents is 1. The molecule has 0 aromatic heterocycles. The fourth-order valence-electron chi connectivity index (χ4n) is 2.42. The van der Waals surface area contributed by atoms with Crippen molar-refractivity contribution in [2.45, 2.75) is 19.3 Å². The van der Waals surface area contributed by atoms with Crippen molar-refractivity contribution < 1.29 is 9.72 Å². The Balaban J connectivity index is 2.21. The van der Waals surface area contributed by atoms with Gasteiger partial charge in [-0.2, -0.15) is 0 Å². The van der Waals surface area contributed by atoms with Gasteiger partial charge in [0.1, 0.15) is 0 Å². The number of hydrogen-bond acceptors (Lipinski definition) is 4. The minimum Gasteiger partial charge on any atom is -0.361 e. The highest BCUT2D eigenvalue weighted by atomic mass is 35.5. The number of hydrogen-bond donors (Lipinski definition) is 0. The quantitative estimate of drug-likeness (QED) is 0.351. The number of anilines is 2. The van der Waals surface area contributed by atoms with Crippen molar-refractivity contribution in [1.82, 2.24) is 0 Å². The average Bonchev–Trinajstić information content (AvgIpc) is 2.47. The van der Waals surface area contributed by atoms with E-state index in [4.69, 9.17) is 11.6 Å². The van der Waals surface area contributed by atoms with Crippen LogP contribution in [0.5, 0.6) is 0 Å². The van der Waals surface area contributed by atoms with Gasteiger partial charge in [-0.15, -0.1) is 11.6 Å². The van der Waals surface area contributed by atoms with Gasteiger partial charge < -0.3 is 9.80 Å². The van der Waals surface area contributed by atoms with Crippen LogP contribution in [0.15, 0.2) is 18.2 Å². The van der Waals surface area contributed by atoms with Gasteiger partial charge in [0.25, 0.3) is 5.69 Å². The second-order valence-corrected chi connectivity index (χ2v) is 5.43. The summed E-state index contributed by atoms with van der Waals surface area (Å²) < 4.78 is 0. The first-order valence-electron chi connectivity index (χ1n) is 6.90. The molecular weight excluding hydrogens is 294 g/mol. The zero-order chi connectivity index (χ0) is 15.4. The molecule has 0 aliphatic carbocycles. The Labute approximate surface area is 128 Å². The minimum atomic E-state index is -0.446. The summed E-state index contributed by atoms with van der Waals surface area (Å²) in [5.74, 6) is 0.588. The van der Waals surface area contributed by atoms with Crippen molar-refractivity contribution in [3.05, 3.63) is 28.3 Å². The van der Waals surface area contributed by atoms with Gasteiger partial charge >= 0.3 is 0 Å². The first kappa shape index (κ1) is 15.6. The molecule has 21 heavy (non-hydrogen) atoms. The standard InChI is InChI=1S/C14H18ClN3O3/c1-16-13-9-11(18(20)21)5-6-12(13)17(10-14(16)19)8-4-2-3-7-15/h5-6,9H,2-4,7-8,10H2,1H3. The van der Waals surface area contributed by atoms with E-state index in [1.165, 1.54) is 17.0 Å². The lowest BCUT2D eigenvalue weighted by Crippen LogP contribution is -2.44. The highest BCUT2D eigenvalue weighted by Crippen LogP contribution is 2.35. The zero-order valence-corrected chi connectivity index (χ0v) is 12.7. The summed E-state index contributed by atoms with van der Waals surface area (Å²) in [6.07, 6.45) is 2.91. The third-order valence-corrected chi connectivity index (χ3v) is 3.90. The van der Waals surface area contributed by atoms with E-state index in [0.717, 1.165) is 31.5 Å². The molecule has 0 fully saturated rings. The summed E-state index contributed by atoms with van der Waals surface area (Å²) in [6, 6.07) is 4.66. The maximum atomic E-state index is 12.0. The first-order chi connectivity index (χ1) is 10.0. The maximum Gasteiger partial charge on any atom is 0.271 e. The van der Waals surface area contributed by atoms with E-state index in [1.54, 1.807) is 13.1 Å². The van der Waals surface area contributed by atoms with E-state index < -0.39 is 4.92 Å². The molecule has 1 aliphatic rings. The highest BCUT2D eigenvalue weighted by molar-refractivity contribution is 6.17. The van der Waals surface area contributed by atoms with E-state index in [1.807, 2.05) is 4.90 Å². The highest BCUT2D eigenvalue weighted by Gasteiger charge is 2.28. The molecule has 0 bridgehead atoms. The number of rotatable bonds is 6. The molecule has 0 saturated heterocycles. The molecule has 0 N–H and O–H groups in total. The van der Waals surface area contributed by atoms with E-state index in [-0.39, 0.29) is 11.6 Å². The number of unbranched alkanes of at least 4 members (excludes halogenated alkanes) is 2. The Morgan fingerprint density at radius 1 is 1.29 bits per heavy atom. The van der Waals surface area contributed by atoms with Crippen molar-refractivity contribution in [3.63, 3.8) is 0 Å². The molecule has 1 aliphatic heterocycles. The number of benzene rings is 1. The van der Waals surface area contributed by atoms with Crippen LogP contribution >= 0.6 is 11.6 Å². The number of carbonyl (C=O) groups excluding carboxylic acids is 1. The lowest BCUT2D eigenvalue weighted by atomic mass is 10.1. The Bertz CT molecular complexity index is 550. The van der Waals surface area contributed by atoms with Gasteiger partial charge in [-0.05, 0) is 18.9 Å². The first-order valence-corrected chi connectivity index (χ1v) is 7.44. The summed E-state index contributed by atoms with van der Waals surface area (Å²) >= 11 is 5.66. The molecule has 2 rings (SSSR count). The van der Waals surface area contributed by atoms with Crippen LogP contribution in [0.25, 0.3) is 0 Å². The van der Waals surface area contributed by atoms with E-state index in [2.05, 4.69) is 0 Å². The molecule has 114 valence electrons. The molecular formula is C14H18ClN3O3. The third-order valence-electron chi connectivity index (χ3n) is 3.63. The molecule has 1 aromatic rings. The van der Waals surface area contributed by atoms with E-state index in [9.17, 15) is 14.9 Å². The number of nitro groups is 1. The molecule has 0 radical (unpaired) electrons. The Hall–Kier alpha value is -1.82. The minimum absolute atomic E-state index is 0.00242. The summed E-state index contributed by atoms with van der Waals surface area (Å²) in [5.41, 5.74) is 1.46. The van der Waals surface area contributed by atoms with Crippen molar-refractivity contribution in [1.29, 1.82) is 0 Å².